The molecule has 0 fully saturated rings. The Kier molecular flexibility index (Phi) is 9.45. The van der Waals surface area contributed by atoms with Gasteiger partial charge in [-0.05, 0) is 44.9 Å². The van der Waals surface area contributed by atoms with Gasteiger partial charge < -0.3 is 0 Å². The minimum Gasteiger partial charge on any atom is -0.0885 e. The molecule has 0 heteroatoms. The molecule has 0 radical (unpaired) electrons. The van der Waals surface area contributed by atoms with Gasteiger partial charge in [-0.15, -0.1) is 0 Å². The third-order valence-corrected chi connectivity index (χ3v) is 4.29. The van der Waals surface area contributed by atoms with Crippen molar-refractivity contribution in [3.8, 4) is 0 Å². The van der Waals surface area contributed by atoms with E-state index >= 15 is 0 Å². The predicted octanol–water partition coefficient (Wildman–Crippen LogP) is 6.99. The lowest BCUT2D eigenvalue weighted by atomic mass is 9.76. The molecule has 0 spiro atoms. The lowest BCUT2D eigenvalue weighted by Crippen LogP contribution is -2.16. The highest BCUT2D eigenvalue weighted by Gasteiger charge is 2.23. The van der Waals surface area contributed by atoms with E-state index in [1.807, 2.05) is 0 Å². The predicted molar refractivity (Wildman–Crippen MR) is 92.0 cm³/mol. The van der Waals surface area contributed by atoms with Crippen LogP contribution in [0.1, 0.15) is 84.5 Å². The number of hydrogen-bond donors (Lipinski definition) is 0. The Balaban J connectivity index is 2.46. The van der Waals surface area contributed by atoms with Gasteiger partial charge in [0.25, 0.3) is 0 Å². The molecule has 0 atom stereocenters. The SMILES string of the molecule is CCCCCC=CC1(C=CCCCCC)CC=CCC1. The third-order valence-electron chi connectivity index (χ3n) is 4.29. The molecule has 1 rings (SSSR count). The lowest BCUT2D eigenvalue weighted by Gasteiger charge is -2.28. The Labute approximate surface area is 127 Å². The highest BCUT2D eigenvalue weighted by atomic mass is 14.3. The molecule has 0 saturated carbocycles. The summed E-state index contributed by atoms with van der Waals surface area (Å²) in [6, 6.07) is 0. The maximum absolute atomic E-state index is 2.50. The fourth-order valence-corrected chi connectivity index (χ4v) is 2.89. The van der Waals surface area contributed by atoms with E-state index in [1.165, 1.54) is 70.6 Å². The van der Waals surface area contributed by atoms with Gasteiger partial charge >= 0.3 is 0 Å². The van der Waals surface area contributed by atoms with Crippen LogP contribution >= 0.6 is 0 Å². The summed E-state index contributed by atoms with van der Waals surface area (Å²) in [6.45, 7) is 4.55. The standard InChI is InChI=1S/C20H34/c1-3-5-7-9-12-16-20(18-14-11-15-19-20)17-13-10-8-6-4-2/h11-14,16-17H,3-10,15,18-19H2,1-2H3. The molecule has 0 N–H and O–H groups in total. The van der Waals surface area contributed by atoms with Crippen molar-refractivity contribution in [3.63, 3.8) is 0 Å². The van der Waals surface area contributed by atoms with Crippen LogP contribution < -0.4 is 0 Å². The molecule has 0 unspecified atom stereocenters. The summed E-state index contributed by atoms with van der Waals surface area (Å²) >= 11 is 0. The first-order chi connectivity index (χ1) is 9.83. The second-order valence-electron chi connectivity index (χ2n) is 6.24. The number of allylic oxidation sites excluding steroid dienone is 6. The number of hydrogen-bond acceptors (Lipinski definition) is 0. The highest BCUT2D eigenvalue weighted by Crippen LogP contribution is 2.36. The van der Waals surface area contributed by atoms with Crippen LogP contribution in [-0.4, -0.2) is 0 Å². The molecule has 1 aliphatic carbocycles. The second kappa shape index (κ2) is 10.9. The van der Waals surface area contributed by atoms with Crippen LogP contribution in [0.25, 0.3) is 0 Å². The van der Waals surface area contributed by atoms with Crippen LogP contribution in [0.5, 0.6) is 0 Å². The largest absolute Gasteiger partial charge is 0.0885 e. The summed E-state index contributed by atoms with van der Waals surface area (Å²) in [5, 5.41) is 0. The van der Waals surface area contributed by atoms with Crippen molar-refractivity contribution in [1.82, 2.24) is 0 Å². The zero-order valence-electron chi connectivity index (χ0n) is 13.7. The Hall–Kier alpha value is -0.780. The van der Waals surface area contributed by atoms with E-state index in [9.17, 15) is 0 Å². The van der Waals surface area contributed by atoms with Gasteiger partial charge in [-0.25, -0.2) is 0 Å². The molecule has 1 aliphatic rings. The smallest absolute Gasteiger partial charge is 0.00983 e. The quantitative estimate of drug-likeness (QED) is 0.297. The Morgan fingerprint density at radius 1 is 0.850 bits per heavy atom. The average molecular weight is 274 g/mol. The molecule has 0 aromatic heterocycles. The van der Waals surface area contributed by atoms with Crippen molar-refractivity contribution in [2.75, 3.05) is 0 Å². The molecular weight excluding hydrogens is 240 g/mol. The molecule has 0 aliphatic heterocycles. The maximum atomic E-state index is 2.50. The summed E-state index contributed by atoms with van der Waals surface area (Å²) < 4.78 is 0. The van der Waals surface area contributed by atoms with Crippen molar-refractivity contribution in [2.45, 2.75) is 84.5 Å². The summed E-state index contributed by atoms with van der Waals surface area (Å²) in [5.74, 6) is 0. The second-order valence-corrected chi connectivity index (χ2v) is 6.24. The van der Waals surface area contributed by atoms with Crippen LogP contribution in [0.3, 0.4) is 0 Å². The molecule has 114 valence electrons. The van der Waals surface area contributed by atoms with Crippen LogP contribution in [-0.2, 0) is 0 Å². The van der Waals surface area contributed by atoms with Crippen LogP contribution in [0.15, 0.2) is 36.5 Å². The van der Waals surface area contributed by atoms with E-state index in [2.05, 4.69) is 50.3 Å². The summed E-state index contributed by atoms with van der Waals surface area (Å²) in [5.41, 5.74) is 0.327. The number of rotatable bonds is 10. The van der Waals surface area contributed by atoms with Crippen molar-refractivity contribution in [3.05, 3.63) is 36.5 Å². The molecule has 0 aromatic carbocycles. The third kappa shape index (κ3) is 7.12. The molecule has 20 heavy (non-hydrogen) atoms. The summed E-state index contributed by atoms with van der Waals surface area (Å²) in [7, 11) is 0. The fraction of sp³-hybridized carbons (Fsp3) is 0.700. The van der Waals surface area contributed by atoms with E-state index in [1.54, 1.807) is 0 Å². The van der Waals surface area contributed by atoms with Crippen molar-refractivity contribution >= 4 is 0 Å². The molecule has 0 amide bonds. The van der Waals surface area contributed by atoms with Gasteiger partial charge in [0.2, 0.25) is 0 Å². The average Bonchev–Trinajstić information content (AvgIpc) is 2.48. The monoisotopic (exact) mass is 274 g/mol. The Bertz CT molecular complexity index is 286. The van der Waals surface area contributed by atoms with E-state index in [-0.39, 0.29) is 0 Å². The Morgan fingerprint density at radius 2 is 1.45 bits per heavy atom. The molecule has 0 heterocycles. The van der Waals surface area contributed by atoms with Crippen LogP contribution in [0, 0.1) is 5.41 Å². The summed E-state index contributed by atoms with van der Waals surface area (Å²) in [6.07, 6.45) is 28.9. The van der Waals surface area contributed by atoms with E-state index in [4.69, 9.17) is 0 Å². The van der Waals surface area contributed by atoms with Gasteiger partial charge in [-0.1, -0.05) is 76.0 Å². The Morgan fingerprint density at radius 3 is 1.90 bits per heavy atom. The zero-order chi connectivity index (χ0) is 14.5. The topological polar surface area (TPSA) is 0 Å². The molecule has 0 bridgehead atoms. The van der Waals surface area contributed by atoms with Gasteiger partial charge in [0.1, 0.15) is 0 Å². The first-order valence-corrected chi connectivity index (χ1v) is 8.83. The highest BCUT2D eigenvalue weighted by molar-refractivity contribution is 5.17. The zero-order valence-corrected chi connectivity index (χ0v) is 13.7. The van der Waals surface area contributed by atoms with Crippen molar-refractivity contribution < 1.29 is 0 Å². The summed E-state index contributed by atoms with van der Waals surface area (Å²) in [4.78, 5) is 0. The fourth-order valence-electron chi connectivity index (χ4n) is 2.89. The molecular formula is C20H34. The van der Waals surface area contributed by atoms with E-state index in [0.29, 0.717) is 5.41 Å². The van der Waals surface area contributed by atoms with Crippen molar-refractivity contribution in [1.29, 1.82) is 0 Å². The van der Waals surface area contributed by atoms with E-state index < -0.39 is 0 Å². The normalized spacial score (nSPS) is 23.1. The molecule has 0 nitrogen and oxygen atoms in total. The maximum Gasteiger partial charge on any atom is 0.00983 e. The number of unbranched alkanes of at least 4 members (excludes halogenated alkanes) is 6. The van der Waals surface area contributed by atoms with Gasteiger partial charge in [0.15, 0.2) is 0 Å². The first kappa shape index (κ1) is 17.3. The minimum atomic E-state index is 0.327. The van der Waals surface area contributed by atoms with Gasteiger partial charge in [0.05, 0.1) is 0 Å². The molecule has 0 aromatic rings. The van der Waals surface area contributed by atoms with Crippen LogP contribution in [0.4, 0.5) is 0 Å². The minimum absolute atomic E-state index is 0.327. The molecule has 0 saturated heterocycles. The first-order valence-electron chi connectivity index (χ1n) is 8.83. The lowest BCUT2D eigenvalue weighted by molar-refractivity contribution is 0.440. The van der Waals surface area contributed by atoms with E-state index in [0.717, 1.165) is 0 Å². The van der Waals surface area contributed by atoms with Crippen molar-refractivity contribution in [2.24, 2.45) is 5.41 Å². The van der Waals surface area contributed by atoms with Crippen LogP contribution in [0.2, 0.25) is 0 Å². The van der Waals surface area contributed by atoms with Gasteiger partial charge in [-0.2, -0.15) is 0 Å². The van der Waals surface area contributed by atoms with Gasteiger partial charge in [-0.3, -0.25) is 0 Å². The van der Waals surface area contributed by atoms with Gasteiger partial charge in [0, 0.05) is 5.41 Å².